The predicted octanol–water partition coefficient (Wildman–Crippen LogP) is 1.78. The van der Waals surface area contributed by atoms with Gasteiger partial charge in [0.05, 0.1) is 0 Å². The third kappa shape index (κ3) is 4.18. The minimum atomic E-state index is -0.549. The highest BCUT2D eigenvalue weighted by Crippen LogP contribution is 2.26. The zero-order chi connectivity index (χ0) is 15.4. The summed E-state index contributed by atoms with van der Waals surface area (Å²) >= 11 is 0. The third-order valence-corrected chi connectivity index (χ3v) is 4.72. The molecule has 2 N–H and O–H groups in total. The first-order valence-electron chi connectivity index (χ1n) is 8.24. The molecule has 2 aliphatic rings. The second-order valence-corrected chi connectivity index (χ2v) is 6.38. The van der Waals surface area contributed by atoms with Crippen LogP contribution in [0.2, 0.25) is 0 Å². The first-order chi connectivity index (χ1) is 10.7. The number of halogens is 1. The molecule has 2 saturated heterocycles. The molecule has 22 heavy (non-hydrogen) atoms. The highest BCUT2D eigenvalue weighted by Gasteiger charge is 2.31. The van der Waals surface area contributed by atoms with Gasteiger partial charge in [-0.15, -0.1) is 0 Å². The van der Waals surface area contributed by atoms with Crippen LogP contribution in [0.3, 0.4) is 0 Å². The van der Waals surface area contributed by atoms with Crippen molar-refractivity contribution in [2.24, 2.45) is 0 Å². The van der Waals surface area contributed by atoms with Crippen molar-refractivity contribution in [2.45, 2.75) is 43.9 Å². The maximum atomic E-state index is 12.8. The summed E-state index contributed by atoms with van der Waals surface area (Å²) in [5.41, 5.74) is 0. The molecule has 0 spiro atoms. The zero-order valence-electron chi connectivity index (χ0n) is 12.9. The molecule has 0 bridgehead atoms. The molecule has 4 nitrogen and oxygen atoms in total. The molecule has 2 fully saturated rings. The Bertz CT molecular complexity index is 468. The third-order valence-electron chi connectivity index (χ3n) is 4.72. The van der Waals surface area contributed by atoms with Crippen molar-refractivity contribution in [1.29, 1.82) is 0 Å². The van der Waals surface area contributed by atoms with Crippen LogP contribution in [0.25, 0.3) is 0 Å². The van der Waals surface area contributed by atoms with Crippen molar-refractivity contribution in [3.8, 4) is 5.75 Å². The Morgan fingerprint density at radius 2 is 2.09 bits per heavy atom. The normalized spacial score (nSPS) is 26.6. The number of benzene rings is 1. The van der Waals surface area contributed by atoms with E-state index >= 15 is 0 Å². The Hall–Kier alpha value is -1.17. The summed E-state index contributed by atoms with van der Waals surface area (Å²) in [5, 5.41) is 13.5. The molecular formula is C17H25FN2O2. The van der Waals surface area contributed by atoms with E-state index in [-0.39, 0.29) is 12.4 Å². The molecule has 1 aromatic carbocycles. The number of aliphatic hydroxyl groups excluding tert-OH is 1. The zero-order valence-corrected chi connectivity index (χ0v) is 12.9. The lowest BCUT2D eigenvalue weighted by Crippen LogP contribution is -2.47. The van der Waals surface area contributed by atoms with Gasteiger partial charge in [0, 0.05) is 18.6 Å². The number of ether oxygens (including phenoxy) is 1. The van der Waals surface area contributed by atoms with Gasteiger partial charge >= 0.3 is 0 Å². The van der Waals surface area contributed by atoms with E-state index < -0.39 is 6.10 Å². The van der Waals surface area contributed by atoms with E-state index in [4.69, 9.17) is 4.74 Å². The largest absolute Gasteiger partial charge is 0.491 e. The second kappa shape index (κ2) is 7.40. The van der Waals surface area contributed by atoms with Crippen LogP contribution < -0.4 is 10.1 Å². The average Bonchev–Trinajstić information content (AvgIpc) is 3.00. The molecule has 3 atom stereocenters. The molecule has 0 aliphatic carbocycles. The summed E-state index contributed by atoms with van der Waals surface area (Å²) < 4.78 is 18.3. The second-order valence-electron chi connectivity index (χ2n) is 6.38. The van der Waals surface area contributed by atoms with E-state index in [1.165, 1.54) is 44.5 Å². The molecule has 5 heteroatoms. The highest BCUT2D eigenvalue weighted by atomic mass is 19.1. The monoisotopic (exact) mass is 308 g/mol. The fourth-order valence-corrected chi connectivity index (χ4v) is 3.49. The van der Waals surface area contributed by atoms with Crippen molar-refractivity contribution in [3.05, 3.63) is 30.1 Å². The highest BCUT2D eigenvalue weighted by molar-refractivity contribution is 5.22. The summed E-state index contributed by atoms with van der Waals surface area (Å²) in [6.45, 7) is 3.19. The molecule has 3 rings (SSSR count). The van der Waals surface area contributed by atoms with Gasteiger partial charge in [0.15, 0.2) is 0 Å². The van der Waals surface area contributed by atoms with Crippen molar-refractivity contribution in [1.82, 2.24) is 10.2 Å². The Labute approximate surface area is 131 Å². The summed E-state index contributed by atoms with van der Waals surface area (Å²) in [4.78, 5) is 2.59. The van der Waals surface area contributed by atoms with Crippen LogP contribution in [-0.4, -0.2) is 54.4 Å². The van der Waals surface area contributed by atoms with Gasteiger partial charge in [-0.1, -0.05) is 0 Å². The number of fused-ring (bicyclic) bond motifs is 1. The first kappa shape index (κ1) is 15.7. The summed E-state index contributed by atoms with van der Waals surface area (Å²) in [6.07, 6.45) is 4.43. The molecule has 0 amide bonds. The minimum absolute atomic E-state index is 0.223. The van der Waals surface area contributed by atoms with E-state index in [0.29, 0.717) is 18.3 Å². The standard InChI is InChI=1S/C17H25FN2O2/c18-13-3-5-17(6-4-13)22-12-16(21)11-19-14-7-9-20-8-1-2-15(20)10-14/h3-6,14-16,19,21H,1-2,7-12H2. The lowest BCUT2D eigenvalue weighted by atomic mass is 9.97. The van der Waals surface area contributed by atoms with Gasteiger partial charge in [-0.3, -0.25) is 0 Å². The summed E-state index contributed by atoms with van der Waals surface area (Å²) in [6, 6.07) is 7.10. The molecular weight excluding hydrogens is 283 g/mol. The number of hydrogen-bond donors (Lipinski definition) is 2. The average molecular weight is 308 g/mol. The van der Waals surface area contributed by atoms with Gasteiger partial charge in [-0.25, -0.2) is 4.39 Å². The summed E-state index contributed by atoms with van der Waals surface area (Å²) in [5.74, 6) is 0.299. The maximum absolute atomic E-state index is 12.8. The van der Waals surface area contributed by atoms with Crippen LogP contribution >= 0.6 is 0 Å². The molecule has 1 aromatic rings. The van der Waals surface area contributed by atoms with Crippen LogP contribution in [-0.2, 0) is 0 Å². The fourth-order valence-electron chi connectivity index (χ4n) is 3.49. The maximum Gasteiger partial charge on any atom is 0.123 e. The number of nitrogens with one attached hydrogen (secondary N) is 1. The van der Waals surface area contributed by atoms with Gasteiger partial charge in [0.25, 0.3) is 0 Å². The first-order valence-corrected chi connectivity index (χ1v) is 8.24. The van der Waals surface area contributed by atoms with Crippen LogP contribution in [0.4, 0.5) is 4.39 Å². The lowest BCUT2D eigenvalue weighted by molar-refractivity contribution is 0.0952. The van der Waals surface area contributed by atoms with Crippen molar-refractivity contribution in [3.63, 3.8) is 0 Å². The quantitative estimate of drug-likeness (QED) is 0.841. The van der Waals surface area contributed by atoms with Gasteiger partial charge < -0.3 is 20.1 Å². The number of hydrogen-bond acceptors (Lipinski definition) is 4. The molecule has 0 radical (unpaired) electrons. The topological polar surface area (TPSA) is 44.7 Å². The Kier molecular flexibility index (Phi) is 5.28. The number of piperidine rings is 1. The van der Waals surface area contributed by atoms with E-state index in [9.17, 15) is 9.50 Å². The van der Waals surface area contributed by atoms with Gasteiger partial charge in [-0.2, -0.15) is 0 Å². The van der Waals surface area contributed by atoms with E-state index in [0.717, 1.165) is 12.5 Å². The van der Waals surface area contributed by atoms with Crippen molar-refractivity contribution >= 4 is 0 Å². The lowest BCUT2D eigenvalue weighted by Gasteiger charge is -2.35. The minimum Gasteiger partial charge on any atom is -0.491 e. The van der Waals surface area contributed by atoms with Crippen LogP contribution in [0.15, 0.2) is 24.3 Å². The van der Waals surface area contributed by atoms with E-state index in [2.05, 4.69) is 10.2 Å². The molecule has 2 aliphatic heterocycles. The smallest absolute Gasteiger partial charge is 0.123 e. The number of nitrogens with zero attached hydrogens (tertiary/aromatic N) is 1. The predicted molar refractivity (Wildman–Crippen MR) is 83.5 cm³/mol. The SMILES string of the molecule is OC(CNC1CCN2CCCC2C1)COc1ccc(F)cc1. The summed E-state index contributed by atoms with van der Waals surface area (Å²) in [7, 11) is 0. The van der Waals surface area contributed by atoms with Gasteiger partial charge in [-0.05, 0) is 63.0 Å². The molecule has 122 valence electrons. The van der Waals surface area contributed by atoms with Crippen molar-refractivity contribution in [2.75, 3.05) is 26.2 Å². The van der Waals surface area contributed by atoms with Gasteiger partial charge in [0.1, 0.15) is 24.3 Å². The molecule has 0 aromatic heterocycles. The van der Waals surface area contributed by atoms with Crippen molar-refractivity contribution < 1.29 is 14.2 Å². The van der Waals surface area contributed by atoms with Crippen LogP contribution in [0.5, 0.6) is 5.75 Å². The van der Waals surface area contributed by atoms with Crippen LogP contribution in [0, 0.1) is 5.82 Å². The number of rotatable bonds is 6. The molecule has 0 saturated carbocycles. The van der Waals surface area contributed by atoms with Gasteiger partial charge in [0.2, 0.25) is 0 Å². The number of aliphatic hydroxyl groups is 1. The fraction of sp³-hybridized carbons (Fsp3) is 0.647. The Morgan fingerprint density at radius 3 is 2.91 bits per heavy atom. The molecule has 2 heterocycles. The van der Waals surface area contributed by atoms with Crippen LogP contribution in [0.1, 0.15) is 25.7 Å². The Morgan fingerprint density at radius 1 is 1.27 bits per heavy atom. The van der Waals surface area contributed by atoms with E-state index in [1.54, 1.807) is 12.1 Å². The Balaban J connectivity index is 1.35. The molecule has 3 unspecified atom stereocenters. The van der Waals surface area contributed by atoms with E-state index in [1.807, 2.05) is 0 Å².